The van der Waals surface area contributed by atoms with E-state index in [9.17, 15) is 9.59 Å². The third-order valence-corrected chi connectivity index (χ3v) is 1.98. The maximum absolute atomic E-state index is 11.3. The van der Waals surface area contributed by atoms with Crippen molar-refractivity contribution in [1.82, 2.24) is 5.32 Å². The van der Waals surface area contributed by atoms with Crippen LogP contribution in [-0.2, 0) is 19.1 Å². The van der Waals surface area contributed by atoms with E-state index in [4.69, 9.17) is 9.47 Å². The third-order valence-electron chi connectivity index (χ3n) is 1.98. The molecule has 0 saturated carbocycles. The zero-order valence-corrected chi connectivity index (χ0v) is 12.3. The molecular weight excluding hydrogens is 246 g/mol. The fourth-order valence-electron chi connectivity index (χ4n) is 0.996. The molecule has 0 aliphatic heterocycles. The summed E-state index contributed by atoms with van der Waals surface area (Å²) in [6.45, 7) is 9.40. The Morgan fingerprint density at radius 1 is 1.32 bits per heavy atom. The van der Waals surface area contributed by atoms with Gasteiger partial charge in [-0.25, -0.2) is 4.79 Å². The zero-order valence-electron chi connectivity index (χ0n) is 12.3. The van der Waals surface area contributed by atoms with Crippen LogP contribution in [0.15, 0.2) is 0 Å². The van der Waals surface area contributed by atoms with Gasteiger partial charge in [0.2, 0.25) is 0 Å². The van der Waals surface area contributed by atoms with E-state index < -0.39 is 11.6 Å². The van der Waals surface area contributed by atoms with E-state index in [1.807, 2.05) is 13.8 Å². The molecule has 0 aromatic heterocycles. The minimum atomic E-state index is -0.573. The predicted octanol–water partition coefficient (Wildman–Crippen LogP) is 1.26. The van der Waals surface area contributed by atoms with Crippen LogP contribution in [0.5, 0.6) is 0 Å². The Hall–Kier alpha value is -1.54. The molecule has 1 N–H and O–H groups in total. The lowest BCUT2D eigenvalue weighted by molar-refractivity contribution is -0.148. The molecule has 0 heterocycles. The van der Waals surface area contributed by atoms with E-state index in [1.165, 1.54) is 0 Å². The molecule has 19 heavy (non-hydrogen) atoms. The molecule has 0 amide bonds. The summed E-state index contributed by atoms with van der Waals surface area (Å²) in [6.07, 6.45) is 0.701. The standard InChI is InChI=1S/C14H23NO4/c1-6-11(2)18-13(17)10-15-9-7-8-12(16)19-14(3,4)5/h11,15H,6,9-10H2,1-5H3. The van der Waals surface area contributed by atoms with Crippen molar-refractivity contribution in [2.75, 3.05) is 13.1 Å². The highest BCUT2D eigenvalue weighted by atomic mass is 16.6. The van der Waals surface area contributed by atoms with Crippen LogP contribution in [0.1, 0.15) is 41.0 Å². The Morgan fingerprint density at radius 2 is 1.95 bits per heavy atom. The Morgan fingerprint density at radius 3 is 2.47 bits per heavy atom. The molecule has 0 spiro atoms. The van der Waals surface area contributed by atoms with Crippen LogP contribution in [-0.4, -0.2) is 36.7 Å². The molecule has 0 fully saturated rings. The number of ether oxygens (including phenoxy) is 2. The van der Waals surface area contributed by atoms with Crippen LogP contribution in [0.25, 0.3) is 0 Å². The topological polar surface area (TPSA) is 64.6 Å². The van der Waals surface area contributed by atoms with Gasteiger partial charge in [-0.2, -0.15) is 0 Å². The number of esters is 2. The summed E-state index contributed by atoms with van der Waals surface area (Å²) in [4.78, 5) is 22.5. The lowest BCUT2D eigenvalue weighted by Crippen LogP contribution is -2.27. The van der Waals surface area contributed by atoms with Crippen LogP contribution in [0.2, 0.25) is 0 Å². The second-order valence-corrected chi connectivity index (χ2v) is 5.12. The monoisotopic (exact) mass is 269 g/mol. The van der Waals surface area contributed by atoms with Crippen LogP contribution in [0, 0.1) is 11.8 Å². The summed E-state index contributed by atoms with van der Waals surface area (Å²) in [7, 11) is 0. The fraction of sp³-hybridized carbons (Fsp3) is 0.714. The molecule has 1 atom stereocenters. The Kier molecular flexibility index (Phi) is 7.85. The molecule has 0 aromatic carbocycles. The predicted molar refractivity (Wildman–Crippen MR) is 72.3 cm³/mol. The maximum atomic E-state index is 11.3. The van der Waals surface area contributed by atoms with Gasteiger partial charge >= 0.3 is 11.9 Å². The summed E-state index contributed by atoms with van der Waals surface area (Å²) < 4.78 is 10.1. The molecule has 108 valence electrons. The van der Waals surface area contributed by atoms with Crippen molar-refractivity contribution in [2.24, 2.45) is 0 Å². The van der Waals surface area contributed by atoms with E-state index >= 15 is 0 Å². The van der Waals surface area contributed by atoms with Crippen LogP contribution < -0.4 is 5.32 Å². The molecule has 0 saturated heterocycles. The third kappa shape index (κ3) is 11.3. The number of carbonyl (C=O) groups excluding carboxylic acids is 2. The van der Waals surface area contributed by atoms with Crippen molar-refractivity contribution in [2.45, 2.75) is 52.7 Å². The second kappa shape index (κ2) is 8.54. The molecule has 0 rings (SSSR count). The molecule has 5 heteroatoms. The summed E-state index contributed by atoms with van der Waals surface area (Å²) in [5.41, 5.74) is -0.542. The van der Waals surface area contributed by atoms with Gasteiger partial charge in [-0.05, 0) is 34.1 Å². The lowest BCUT2D eigenvalue weighted by atomic mass is 10.2. The molecule has 0 radical (unpaired) electrons. The molecule has 1 unspecified atom stereocenters. The number of hydrogen-bond acceptors (Lipinski definition) is 5. The van der Waals surface area contributed by atoms with Gasteiger partial charge in [0.15, 0.2) is 0 Å². The van der Waals surface area contributed by atoms with E-state index in [1.54, 1.807) is 20.8 Å². The smallest absolute Gasteiger partial charge is 0.384 e. The Bertz CT molecular complexity index is 360. The molecule has 0 bridgehead atoms. The van der Waals surface area contributed by atoms with E-state index in [0.717, 1.165) is 6.42 Å². The normalized spacial score (nSPS) is 12.1. The minimum absolute atomic E-state index is 0.0767. The maximum Gasteiger partial charge on any atom is 0.384 e. The first-order valence-corrected chi connectivity index (χ1v) is 6.36. The largest absolute Gasteiger partial charge is 0.462 e. The summed E-state index contributed by atoms with van der Waals surface area (Å²) >= 11 is 0. The van der Waals surface area contributed by atoms with E-state index in [2.05, 4.69) is 17.2 Å². The van der Waals surface area contributed by atoms with Gasteiger partial charge in [0.05, 0.1) is 19.2 Å². The number of nitrogens with one attached hydrogen (secondary N) is 1. The second-order valence-electron chi connectivity index (χ2n) is 5.12. The highest BCUT2D eigenvalue weighted by Crippen LogP contribution is 2.05. The first kappa shape index (κ1) is 17.5. The van der Waals surface area contributed by atoms with Crippen molar-refractivity contribution in [3.05, 3.63) is 0 Å². The van der Waals surface area contributed by atoms with Crippen molar-refractivity contribution in [1.29, 1.82) is 0 Å². The van der Waals surface area contributed by atoms with E-state index in [0.29, 0.717) is 0 Å². The van der Waals surface area contributed by atoms with Gasteiger partial charge in [0.25, 0.3) is 0 Å². The quantitative estimate of drug-likeness (QED) is 0.352. The van der Waals surface area contributed by atoms with Crippen molar-refractivity contribution >= 4 is 11.9 Å². The van der Waals surface area contributed by atoms with Gasteiger partial charge in [0.1, 0.15) is 5.60 Å². The average Bonchev–Trinajstić information content (AvgIpc) is 2.25. The van der Waals surface area contributed by atoms with Crippen molar-refractivity contribution < 1.29 is 19.1 Å². The van der Waals surface area contributed by atoms with Gasteiger partial charge in [0, 0.05) is 5.92 Å². The Labute approximate surface area is 115 Å². The van der Waals surface area contributed by atoms with Gasteiger partial charge < -0.3 is 9.47 Å². The van der Waals surface area contributed by atoms with Crippen molar-refractivity contribution in [3.8, 4) is 11.8 Å². The SMILES string of the molecule is CCC(C)OC(=O)CNCC#CC(=O)OC(C)(C)C. The summed E-state index contributed by atoms with van der Waals surface area (Å²) in [6, 6.07) is 0. The van der Waals surface area contributed by atoms with E-state index in [-0.39, 0.29) is 25.2 Å². The average molecular weight is 269 g/mol. The lowest BCUT2D eigenvalue weighted by Gasteiger charge is -2.16. The first-order chi connectivity index (χ1) is 8.74. The molecule has 5 nitrogen and oxygen atoms in total. The van der Waals surface area contributed by atoms with Crippen LogP contribution in [0.4, 0.5) is 0 Å². The van der Waals surface area contributed by atoms with Gasteiger partial charge in [-0.3, -0.25) is 10.1 Å². The molecule has 0 aliphatic carbocycles. The molecule has 0 aromatic rings. The van der Waals surface area contributed by atoms with Crippen molar-refractivity contribution in [3.63, 3.8) is 0 Å². The first-order valence-electron chi connectivity index (χ1n) is 6.36. The number of hydrogen-bond donors (Lipinski definition) is 1. The summed E-state index contributed by atoms with van der Waals surface area (Å²) in [5.74, 6) is 4.03. The number of rotatable bonds is 5. The number of carbonyl (C=O) groups is 2. The molecular formula is C14H23NO4. The van der Waals surface area contributed by atoms with Crippen LogP contribution in [0.3, 0.4) is 0 Å². The van der Waals surface area contributed by atoms with Gasteiger partial charge in [-0.1, -0.05) is 12.8 Å². The Balaban J connectivity index is 3.81. The zero-order chi connectivity index (χ0) is 14.9. The highest BCUT2D eigenvalue weighted by Gasteiger charge is 2.14. The van der Waals surface area contributed by atoms with Gasteiger partial charge in [-0.15, -0.1) is 0 Å². The van der Waals surface area contributed by atoms with Crippen LogP contribution >= 0.6 is 0 Å². The molecule has 0 aliphatic rings. The highest BCUT2D eigenvalue weighted by molar-refractivity contribution is 5.88. The minimum Gasteiger partial charge on any atom is -0.462 e. The summed E-state index contributed by atoms with van der Waals surface area (Å²) in [5, 5.41) is 2.78. The fourth-order valence-corrected chi connectivity index (χ4v) is 0.996.